The lowest BCUT2D eigenvalue weighted by atomic mass is 10.2. The molecule has 0 saturated carbocycles. The van der Waals surface area contributed by atoms with E-state index in [1.54, 1.807) is 0 Å². The SMILES string of the molecule is CCNCCCNCc1cc(Br)ccc1OCC. The Morgan fingerprint density at radius 3 is 2.67 bits per heavy atom. The molecular weight excluding hydrogens is 292 g/mol. The molecule has 0 saturated heterocycles. The van der Waals surface area contributed by atoms with Crippen molar-refractivity contribution < 1.29 is 4.74 Å². The van der Waals surface area contributed by atoms with Crippen LogP contribution in [0.25, 0.3) is 0 Å². The van der Waals surface area contributed by atoms with Crippen molar-refractivity contribution in [2.75, 3.05) is 26.2 Å². The van der Waals surface area contributed by atoms with Gasteiger partial charge in [0.15, 0.2) is 0 Å². The molecule has 2 N–H and O–H groups in total. The van der Waals surface area contributed by atoms with Crippen molar-refractivity contribution in [3.05, 3.63) is 28.2 Å². The standard InChI is InChI=1S/C14H23BrN2O/c1-3-16-8-5-9-17-11-12-10-13(15)6-7-14(12)18-4-2/h6-7,10,16-17H,3-5,8-9,11H2,1-2H3. The molecule has 0 radical (unpaired) electrons. The van der Waals surface area contributed by atoms with E-state index in [0.717, 1.165) is 42.8 Å². The molecule has 18 heavy (non-hydrogen) atoms. The van der Waals surface area contributed by atoms with E-state index in [2.05, 4.69) is 39.6 Å². The molecule has 0 spiro atoms. The second-order valence-corrected chi connectivity index (χ2v) is 4.98. The molecule has 0 aliphatic heterocycles. The third kappa shape index (κ3) is 5.85. The fraction of sp³-hybridized carbons (Fsp3) is 0.571. The summed E-state index contributed by atoms with van der Waals surface area (Å²) in [6.45, 7) is 8.82. The van der Waals surface area contributed by atoms with Gasteiger partial charge < -0.3 is 15.4 Å². The molecule has 1 aromatic carbocycles. The predicted molar refractivity (Wildman–Crippen MR) is 80.2 cm³/mol. The minimum Gasteiger partial charge on any atom is -0.494 e. The third-order valence-corrected chi connectivity index (χ3v) is 3.09. The van der Waals surface area contributed by atoms with Crippen molar-refractivity contribution in [2.45, 2.75) is 26.8 Å². The molecule has 0 atom stereocenters. The lowest BCUT2D eigenvalue weighted by molar-refractivity contribution is 0.335. The van der Waals surface area contributed by atoms with E-state index >= 15 is 0 Å². The second kappa shape index (κ2) is 9.36. The Kier molecular flexibility index (Phi) is 8.05. The lowest BCUT2D eigenvalue weighted by Gasteiger charge is -2.11. The maximum Gasteiger partial charge on any atom is 0.123 e. The summed E-state index contributed by atoms with van der Waals surface area (Å²) in [6, 6.07) is 6.14. The number of nitrogens with one attached hydrogen (secondary N) is 2. The Balaban J connectivity index is 2.37. The first-order valence-corrected chi connectivity index (χ1v) is 7.39. The number of hydrogen-bond donors (Lipinski definition) is 2. The minimum atomic E-state index is 0.703. The van der Waals surface area contributed by atoms with E-state index in [-0.39, 0.29) is 0 Å². The van der Waals surface area contributed by atoms with E-state index in [4.69, 9.17) is 4.74 Å². The van der Waals surface area contributed by atoms with Crippen LogP contribution >= 0.6 is 15.9 Å². The average molecular weight is 315 g/mol. The summed E-state index contributed by atoms with van der Waals surface area (Å²) in [7, 11) is 0. The first-order valence-electron chi connectivity index (χ1n) is 6.60. The first kappa shape index (κ1) is 15.5. The number of ether oxygens (including phenoxy) is 1. The maximum absolute atomic E-state index is 5.61. The Morgan fingerprint density at radius 1 is 1.17 bits per heavy atom. The Labute approximate surface area is 118 Å². The normalized spacial score (nSPS) is 10.6. The van der Waals surface area contributed by atoms with Crippen molar-refractivity contribution in [2.24, 2.45) is 0 Å². The van der Waals surface area contributed by atoms with E-state index in [1.165, 1.54) is 5.56 Å². The lowest BCUT2D eigenvalue weighted by Crippen LogP contribution is -2.21. The van der Waals surface area contributed by atoms with Crippen molar-refractivity contribution >= 4 is 15.9 Å². The zero-order valence-corrected chi connectivity index (χ0v) is 12.8. The molecule has 0 aromatic heterocycles. The average Bonchev–Trinajstić information content (AvgIpc) is 2.37. The van der Waals surface area contributed by atoms with Crippen LogP contribution in [0.5, 0.6) is 5.75 Å². The van der Waals surface area contributed by atoms with Gasteiger partial charge in [0.05, 0.1) is 6.61 Å². The number of halogens is 1. The van der Waals surface area contributed by atoms with Gasteiger partial charge in [-0.2, -0.15) is 0 Å². The van der Waals surface area contributed by atoms with E-state index < -0.39 is 0 Å². The van der Waals surface area contributed by atoms with Crippen LogP contribution in [0.2, 0.25) is 0 Å². The molecule has 0 heterocycles. The molecule has 102 valence electrons. The summed E-state index contributed by atoms with van der Waals surface area (Å²) in [5, 5.41) is 6.76. The van der Waals surface area contributed by atoms with Gasteiger partial charge in [0, 0.05) is 16.6 Å². The highest BCUT2D eigenvalue weighted by Gasteiger charge is 2.03. The molecule has 0 amide bonds. The third-order valence-electron chi connectivity index (χ3n) is 2.59. The predicted octanol–water partition coefficient (Wildman–Crippen LogP) is 2.94. The van der Waals surface area contributed by atoms with Gasteiger partial charge in [-0.3, -0.25) is 0 Å². The van der Waals surface area contributed by atoms with Crippen LogP contribution in [0.15, 0.2) is 22.7 Å². The van der Waals surface area contributed by atoms with Crippen LogP contribution in [-0.4, -0.2) is 26.2 Å². The highest BCUT2D eigenvalue weighted by atomic mass is 79.9. The van der Waals surface area contributed by atoms with Gasteiger partial charge >= 0.3 is 0 Å². The first-order chi connectivity index (χ1) is 8.77. The number of hydrogen-bond acceptors (Lipinski definition) is 3. The van der Waals surface area contributed by atoms with Crippen LogP contribution < -0.4 is 15.4 Å². The van der Waals surface area contributed by atoms with Gasteiger partial charge in [0.1, 0.15) is 5.75 Å². The van der Waals surface area contributed by atoms with Crippen molar-refractivity contribution in [1.29, 1.82) is 0 Å². The van der Waals surface area contributed by atoms with Crippen molar-refractivity contribution in [3.63, 3.8) is 0 Å². The molecule has 0 unspecified atom stereocenters. The fourth-order valence-electron chi connectivity index (χ4n) is 1.72. The summed E-state index contributed by atoms with van der Waals surface area (Å²) in [5.74, 6) is 0.972. The van der Waals surface area contributed by atoms with E-state index in [0.29, 0.717) is 6.61 Å². The largest absolute Gasteiger partial charge is 0.494 e. The Hall–Kier alpha value is -0.580. The van der Waals surface area contributed by atoms with Crippen LogP contribution in [-0.2, 0) is 6.54 Å². The molecule has 0 aliphatic carbocycles. The Morgan fingerprint density at radius 2 is 1.94 bits per heavy atom. The van der Waals surface area contributed by atoms with E-state index in [9.17, 15) is 0 Å². The molecule has 0 bridgehead atoms. The van der Waals surface area contributed by atoms with Crippen molar-refractivity contribution in [3.8, 4) is 5.75 Å². The van der Waals surface area contributed by atoms with Gasteiger partial charge in [0.25, 0.3) is 0 Å². The van der Waals surface area contributed by atoms with Crippen LogP contribution in [0.3, 0.4) is 0 Å². The quantitative estimate of drug-likeness (QED) is 0.688. The zero-order chi connectivity index (χ0) is 13.2. The second-order valence-electron chi connectivity index (χ2n) is 4.07. The van der Waals surface area contributed by atoms with Gasteiger partial charge in [-0.15, -0.1) is 0 Å². The molecule has 0 fully saturated rings. The van der Waals surface area contributed by atoms with Crippen LogP contribution in [0.1, 0.15) is 25.8 Å². The molecule has 1 rings (SSSR count). The molecular formula is C14H23BrN2O. The highest BCUT2D eigenvalue weighted by Crippen LogP contribution is 2.23. The Bertz CT molecular complexity index is 345. The molecule has 3 nitrogen and oxygen atoms in total. The molecule has 1 aromatic rings. The maximum atomic E-state index is 5.61. The van der Waals surface area contributed by atoms with Crippen LogP contribution in [0, 0.1) is 0 Å². The summed E-state index contributed by atoms with van der Waals surface area (Å²) >= 11 is 3.50. The number of benzene rings is 1. The number of rotatable bonds is 9. The van der Waals surface area contributed by atoms with Crippen LogP contribution in [0.4, 0.5) is 0 Å². The van der Waals surface area contributed by atoms with Gasteiger partial charge in [-0.25, -0.2) is 0 Å². The van der Waals surface area contributed by atoms with Gasteiger partial charge in [-0.05, 0) is 51.2 Å². The van der Waals surface area contributed by atoms with E-state index in [1.807, 2.05) is 19.1 Å². The summed E-state index contributed by atoms with van der Waals surface area (Å²) in [4.78, 5) is 0. The smallest absolute Gasteiger partial charge is 0.123 e. The highest BCUT2D eigenvalue weighted by molar-refractivity contribution is 9.10. The zero-order valence-electron chi connectivity index (χ0n) is 11.3. The monoisotopic (exact) mass is 314 g/mol. The van der Waals surface area contributed by atoms with Gasteiger partial charge in [-0.1, -0.05) is 22.9 Å². The molecule has 0 aliphatic rings. The topological polar surface area (TPSA) is 33.3 Å². The summed E-state index contributed by atoms with van der Waals surface area (Å²) in [5.41, 5.74) is 1.20. The van der Waals surface area contributed by atoms with Gasteiger partial charge in [0.2, 0.25) is 0 Å². The van der Waals surface area contributed by atoms with Crippen molar-refractivity contribution in [1.82, 2.24) is 10.6 Å². The summed E-state index contributed by atoms with van der Waals surface area (Å²) < 4.78 is 6.71. The molecule has 4 heteroatoms. The fourth-order valence-corrected chi connectivity index (χ4v) is 2.13. The summed E-state index contributed by atoms with van der Waals surface area (Å²) in [6.07, 6.45) is 1.14. The minimum absolute atomic E-state index is 0.703.